The van der Waals surface area contributed by atoms with E-state index in [0.717, 1.165) is 11.3 Å². The number of piperidine rings is 1. The van der Waals surface area contributed by atoms with E-state index in [1.54, 1.807) is 46.8 Å². The van der Waals surface area contributed by atoms with Gasteiger partial charge in [-0.3, -0.25) is 14.4 Å². The highest BCUT2D eigenvalue weighted by atomic mass is 32.1. The summed E-state index contributed by atoms with van der Waals surface area (Å²) in [6.45, 7) is 2.15. The summed E-state index contributed by atoms with van der Waals surface area (Å²) in [5.41, 5.74) is 0.966. The van der Waals surface area contributed by atoms with Crippen LogP contribution in [0.1, 0.15) is 40.6 Å². The zero-order chi connectivity index (χ0) is 29.0. The molecule has 2 heterocycles. The zero-order valence-corrected chi connectivity index (χ0v) is 23.4. The monoisotopic (exact) mass is 571 g/mol. The number of hydrogen-bond acceptors (Lipinski definition) is 8. The van der Waals surface area contributed by atoms with Crippen LogP contribution in [0.25, 0.3) is 0 Å². The highest BCUT2D eigenvalue weighted by molar-refractivity contribution is 7.10. The Morgan fingerprint density at radius 1 is 1.07 bits per heavy atom. The average molecular weight is 572 g/mol. The molecule has 2 aliphatic rings. The summed E-state index contributed by atoms with van der Waals surface area (Å²) < 4.78 is 10.9. The first-order chi connectivity index (χ1) is 19.8. The number of nitrogens with one attached hydrogen (secondary N) is 2. The SMILES string of the molecule is CO/C(=N/C#N)c1csc(CNC(=O)[C@@H]2C[C@]3(C)C[C@@H]3N2C(=O)CNC(=O)c2ccc(Oc3ccccc3)cc2)c1. The minimum absolute atomic E-state index is 0.0168. The van der Waals surface area contributed by atoms with Gasteiger partial charge >= 0.3 is 0 Å². The molecule has 1 saturated heterocycles. The van der Waals surface area contributed by atoms with E-state index in [0.29, 0.717) is 29.0 Å². The summed E-state index contributed by atoms with van der Waals surface area (Å²) >= 11 is 1.41. The normalized spacial score (nSPS) is 20.9. The predicted octanol–water partition coefficient (Wildman–Crippen LogP) is 3.84. The maximum Gasteiger partial charge on any atom is 0.251 e. The fourth-order valence-electron chi connectivity index (χ4n) is 5.16. The van der Waals surface area contributed by atoms with E-state index in [4.69, 9.17) is 14.7 Å². The molecule has 10 nitrogen and oxygen atoms in total. The summed E-state index contributed by atoms with van der Waals surface area (Å²) in [5, 5.41) is 16.2. The number of nitriles is 1. The molecule has 210 valence electrons. The average Bonchev–Trinajstić information content (AvgIpc) is 3.29. The molecule has 1 saturated carbocycles. The number of likely N-dealkylation sites (tertiary alicyclic amines) is 1. The van der Waals surface area contributed by atoms with E-state index in [9.17, 15) is 14.4 Å². The number of hydrogen-bond donors (Lipinski definition) is 2. The van der Waals surface area contributed by atoms with Crippen molar-refractivity contribution in [2.75, 3.05) is 13.7 Å². The van der Waals surface area contributed by atoms with Crippen molar-refractivity contribution in [3.8, 4) is 17.7 Å². The summed E-state index contributed by atoms with van der Waals surface area (Å²) in [5.74, 6) is 0.588. The van der Waals surface area contributed by atoms with Crippen LogP contribution in [0, 0.1) is 16.9 Å². The van der Waals surface area contributed by atoms with Gasteiger partial charge in [0.25, 0.3) is 5.91 Å². The fraction of sp³-hybridized carbons (Fsp3) is 0.300. The van der Waals surface area contributed by atoms with Crippen molar-refractivity contribution >= 4 is 35.0 Å². The molecule has 0 radical (unpaired) electrons. The van der Waals surface area contributed by atoms with Gasteiger partial charge in [-0.25, -0.2) is 0 Å². The number of carbonyl (C=O) groups is 3. The van der Waals surface area contributed by atoms with Crippen molar-refractivity contribution in [3.05, 3.63) is 82.0 Å². The lowest BCUT2D eigenvalue weighted by Crippen LogP contribution is -2.50. The number of carbonyl (C=O) groups excluding carboxylic acids is 3. The van der Waals surface area contributed by atoms with Crippen LogP contribution in [0.5, 0.6) is 11.5 Å². The largest absolute Gasteiger partial charge is 0.480 e. The Kier molecular flexibility index (Phi) is 8.03. The van der Waals surface area contributed by atoms with Crippen molar-refractivity contribution in [1.82, 2.24) is 15.5 Å². The first-order valence-electron chi connectivity index (χ1n) is 13.1. The highest BCUT2D eigenvalue weighted by Crippen LogP contribution is 2.59. The number of rotatable bonds is 9. The third-order valence-corrected chi connectivity index (χ3v) is 8.34. The Balaban J connectivity index is 1.15. The number of nitrogens with zero attached hydrogens (tertiary/aromatic N) is 3. The van der Waals surface area contributed by atoms with Gasteiger partial charge in [-0.2, -0.15) is 5.26 Å². The van der Waals surface area contributed by atoms with Gasteiger partial charge in [0.15, 0.2) is 0 Å². The molecule has 2 fully saturated rings. The Morgan fingerprint density at radius 2 is 1.80 bits per heavy atom. The quantitative estimate of drug-likeness (QED) is 0.228. The third-order valence-electron chi connectivity index (χ3n) is 7.40. The lowest BCUT2D eigenvalue weighted by molar-refractivity contribution is -0.139. The molecule has 3 atom stereocenters. The smallest absolute Gasteiger partial charge is 0.251 e. The number of aliphatic imine (C=N–C) groups is 1. The standard InChI is InChI=1S/C30H29N5O5S/c1-30-13-24(28(38)32-15-23-12-20(17-41-23)29(39-2)34-18-31)35(25(30)14-30)26(36)16-33-27(37)19-8-10-22(11-9-19)40-21-6-4-3-5-7-21/h3-12,17,24-25H,13-16H2,1-2H3,(H,32,38)(H,33,37)/b34-29+/t24-,25-,30+/m0/s1. The number of benzene rings is 2. The maximum atomic E-state index is 13.2. The topological polar surface area (TPSA) is 133 Å². The van der Waals surface area contributed by atoms with Gasteiger partial charge in [0.2, 0.25) is 23.9 Å². The maximum absolute atomic E-state index is 13.2. The molecule has 3 amide bonds. The second kappa shape index (κ2) is 11.8. The molecule has 41 heavy (non-hydrogen) atoms. The summed E-state index contributed by atoms with van der Waals surface area (Å²) in [6, 6.07) is 17.2. The number of thiophene rings is 1. The van der Waals surface area contributed by atoms with E-state index in [2.05, 4.69) is 22.5 Å². The molecular weight excluding hydrogens is 542 g/mol. The Labute approximate surface area is 241 Å². The predicted molar refractivity (Wildman–Crippen MR) is 152 cm³/mol. The minimum atomic E-state index is -0.605. The molecule has 0 unspecified atom stereocenters. The zero-order valence-electron chi connectivity index (χ0n) is 22.6. The molecule has 2 aromatic carbocycles. The molecular formula is C30H29N5O5S. The number of methoxy groups -OCH3 is 1. The van der Waals surface area contributed by atoms with Gasteiger partial charge in [-0.05, 0) is 60.7 Å². The van der Waals surface area contributed by atoms with Crippen molar-refractivity contribution in [1.29, 1.82) is 5.26 Å². The van der Waals surface area contributed by atoms with Gasteiger partial charge in [0.05, 0.1) is 20.2 Å². The van der Waals surface area contributed by atoms with Crippen molar-refractivity contribution in [2.24, 2.45) is 10.4 Å². The first kappa shape index (κ1) is 27.9. The summed E-state index contributed by atoms with van der Waals surface area (Å²) in [4.78, 5) is 45.3. The Morgan fingerprint density at radius 3 is 2.51 bits per heavy atom. The fourth-order valence-corrected chi connectivity index (χ4v) is 5.96. The number of para-hydroxylation sites is 1. The van der Waals surface area contributed by atoms with Crippen LogP contribution in [0.4, 0.5) is 0 Å². The summed E-state index contributed by atoms with van der Waals surface area (Å²) in [6.07, 6.45) is 3.12. The second-order valence-corrected chi connectivity index (χ2v) is 11.3. The summed E-state index contributed by atoms with van der Waals surface area (Å²) in [7, 11) is 1.44. The van der Waals surface area contributed by atoms with Crippen LogP contribution in [-0.2, 0) is 20.9 Å². The van der Waals surface area contributed by atoms with Crippen LogP contribution in [0.15, 0.2) is 71.0 Å². The van der Waals surface area contributed by atoms with E-state index < -0.39 is 6.04 Å². The second-order valence-electron chi connectivity index (χ2n) is 10.3. The Bertz CT molecular complexity index is 1510. The number of amides is 3. The van der Waals surface area contributed by atoms with Crippen LogP contribution >= 0.6 is 11.3 Å². The van der Waals surface area contributed by atoms with E-state index >= 15 is 0 Å². The van der Waals surface area contributed by atoms with Gasteiger partial charge in [0, 0.05) is 27.4 Å². The third kappa shape index (κ3) is 6.23. The van der Waals surface area contributed by atoms with Crippen molar-refractivity contribution in [3.63, 3.8) is 0 Å². The van der Waals surface area contributed by atoms with E-state index in [-0.39, 0.29) is 48.2 Å². The molecule has 2 N–H and O–H groups in total. The molecule has 3 aromatic rings. The molecule has 0 bridgehead atoms. The van der Waals surface area contributed by atoms with E-state index in [1.807, 2.05) is 30.3 Å². The van der Waals surface area contributed by atoms with Crippen molar-refractivity contribution < 1.29 is 23.9 Å². The molecule has 1 aliphatic heterocycles. The van der Waals surface area contributed by atoms with Crippen LogP contribution in [0.2, 0.25) is 0 Å². The number of fused-ring (bicyclic) bond motifs is 1. The Hall–Kier alpha value is -4.69. The molecule has 1 aromatic heterocycles. The lowest BCUT2D eigenvalue weighted by atomic mass is 10.0. The molecule has 11 heteroatoms. The highest BCUT2D eigenvalue weighted by Gasteiger charge is 2.64. The minimum Gasteiger partial charge on any atom is -0.480 e. The van der Waals surface area contributed by atoms with Crippen LogP contribution < -0.4 is 15.4 Å². The van der Waals surface area contributed by atoms with Gasteiger partial charge in [-0.1, -0.05) is 25.1 Å². The number of ether oxygens (including phenoxy) is 2. The van der Waals surface area contributed by atoms with Crippen molar-refractivity contribution in [2.45, 2.75) is 38.4 Å². The molecule has 1 aliphatic carbocycles. The van der Waals surface area contributed by atoms with Gasteiger partial charge < -0.3 is 25.0 Å². The molecule has 5 rings (SSSR count). The van der Waals surface area contributed by atoms with E-state index in [1.165, 1.54) is 18.4 Å². The lowest BCUT2D eigenvalue weighted by Gasteiger charge is -2.27. The van der Waals surface area contributed by atoms with Gasteiger partial charge in [-0.15, -0.1) is 16.3 Å². The first-order valence-corrected chi connectivity index (χ1v) is 14.0. The van der Waals surface area contributed by atoms with Crippen LogP contribution in [0.3, 0.4) is 0 Å². The molecule has 0 spiro atoms. The van der Waals surface area contributed by atoms with Crippen LogP contribution in [-0.4, -0.2) is 54.3 Å². The van der Waals surface area contributed by atoms with Gasteiger partial charge in [0.1, 0.15) is 17.5 Å².